The van der Waals surface area contributed by atoms with Crippen molar-refractivity contribution in [2.24, 2.45) is 0 Å². The molecule has 0 bridgehead atoms. The van der Waals surface area contributed by atoms with Gasteiger partial charge in [0.15, 0.2) is 5.82 Å². The third kappa shape index (κ3) is 4.67. The number of carbonyl (C=O) groups is 2. The van der Waals surface area contributed by atoms with Gasteiger partial charge in [-0.3, -0.25) is 15.3 Å². The van der Waals surface area contributed by atoms with Crippen molar-refractivity contribution in [3.63, 3.8) is 0 Å². The number of nitrogens with one attached hydrogen (secondary N) is 4. The number of aromatic nitrogens is 3. The summed E-state index contributed by atoms with van der Waals surface area (Å²) in [6.07, 6.45) is 3.01. The number of aromatic amines is 1. The van der Waals surface area contributed by atoms with Gasteiger partial charge in [-0.05, 0) is 31.5 Å². The van der Waals surface area contributed by atoms with Crippen LogP contribution >= 0.6 is 0 Å². The van der Waals surface area contributed by atoms with E-state index in [4.69, 9.17) is 4.42 Å². The Kier molecular flexibility index (Phi) is 5.58. The second-order valence-corrected chi connectivity index (χ2v) is 7.56. The summed E-state index contributed by atoms with van der Waals surface area (Å²) < 4.78 is 6.13. The van der Waals surface area contributed by atoms with Crippen LogP contribution in [0.25, 0.3) is 5.69 Å². The highest BCUT2D eigenvalue weighted by Crippen LogP contribution is 2.25. The molecule has 4 rings (SSSR count). The molecule has 0 atom stereocenters. The molecule has 1 aliphatic heterocycles. The predicted molar refractivity (Wildman–Crippen MR) is 111 cm³/mol. The summed E-state index contributed by atoms with van der Waals surface area (Å²) in [5.41, 5.74) is 5.90. The van der Waals surface area contributed by atoms with Crippen LogP contribution in [0.5, 0.6) is 0 Å². The Labute approximate surface area is 177 Å². The Balaban J connectivity index is 1.34. The number of urea groups is 1. The molecule has 2 aromatic heterocycles. The largest absolute Gasteiger partial charge is 0.423 e. The number of fused-ring (bicyclic) bond motifs is 1. The van der Waals surface area contributed by atoms with Crippen molar-refractivity contribution in [3.05, 3.63) is 64.1 Å². The number of carbonyl (C=O) groups excluding carboxylic acids is 2. The number of anilines is 1. The maximum Gasteiger partial charge on any atom is 0.423 e. The molecule has 11 heteroatoms. The number of rotatable bonds is 6. The average molecular weight is 425 g/mol. The lowest BCUT2D eigenvalue weighted by molar-refractivity contribution is -0.115. The summed E-state index contributed by atoms with van der Waals surface area (Å²) in [5.74, 6) is -0.232. The fourth-order valence-corrected chi connectivity index (χ4v) is 3.36. The fraction of sp³-hybridized carbons (Fsp3) is 0.300. The Hall–Kier alpha value is -3.86. The monoisotopic (exact) mass is 425 g/mol. The zero-order valence-electron chi connectivity index (χ0n) is 17.1. The van der Waals surface area contributed by atoms with Gasteiger partial charge in [0.05, 0.1) is 30.5 Å². The number of oxazole rings is 1. The molecule has 0 fully saturated rings. The third-order valence-corrected chi connectivity index (χ3v) is 4.74. The van der Waals surface area contributed by atoms with Gasteiger partial charge in [-0.1, -0.05) is 12.1 Å². The maximum absolute atomic E-state index is 12.5. The lowest BCUT2D eigenvalue weighted by Crippen LogP contribution is -2.46. The van der Waals surface area contributed by atoms with Crippen LogP contribution in [-0.2, 0) is 24.3 Å². The second-order valence-electron chi connectivity index (χ2n) is 7.56. The standard InChI is InChI=1S/C20H23N7O4/c1-12(2)21-19(29)25-26-10-15-16(11-26)23-24-18(15)22-17(28)9-13-3-5-14(6-4-13)27-7-8-31-20(27)30/h3-8,12H,9-11H2,1-2H3,(H2,21,25,29)(H2,22,23,24,28). The Morgan fingerprint density at radius 3 is 2.68 bits per heavy atom. The highest BCUT2D eigenvalue weighted by Gasteiger charge is 2.27. The van der Waals surface area contributed by atoms with E-state index in [1.165, 1.54) is 17.0 Å². The van der Waals surface area contributed by atoms with E-state index in [-0.39, 0.29) is 24.4 Å². The van der Waals surface area contributed by atoms with Crippen molar-refractivity contribution in [3.8, 4) is 5.69 Å². The van der Waals surface area contributed by atoms with E-state index in [0.29, 0.717) is 24.6 Å². The molecule has 3 amide bonds. The van der Waals surface area contributed by atoms with E-state index in [2.05, 4.69) is 26.3 Å². The predicted octanol–water partition coefficient (Wildman–Crippen LogP) is 1.27. The highest BCUT2D eigenvalue weighted by molar-refractivity contribution is 5.92. The van der Waals surface area contributed by atoms with E-state index in [1.54, 1.807) is 29.3 Å². The van der Waals surface area contributed by atoms with Gasteiger partial charge >= 0.3 is 11.8 Å². The van der Waals surface area contributed by atoms with Crippen LogP contribution in [0, 0.1) is 0 Å². The average Bonchev–Trinajstić information content (AvgIpc) is 3.39. The van der Waals surface area contributed by atoms with Crippen LogP contribution in [0.4, 0.5) is 10.6 Å². The zero-order chi connectivity index (χ0) is 22.0. The van der Waals surface area contributed by atoms with Gasteiger partial charge < -0.3 is 15.1 Å². The molecule has 4 N–H and O–H groups in total. The topological polar surface area (TPSA) is 137 Å². The number of H-pyrrole nitrogens is 1. The van der Waals surface area contributed by atoms with E-state index in [0.717, 1.165) is 16.8 Å². The second kappa shape index (κ2) is 8.48. The zero-order valence-corrected chi connectivity index (χ0v) is 17.1. The fourth-order valence-electron chi connectivity index (χ4n) is 3.36. The van der Waals surface area contributed by atoms with Gasteiger partial charge in [0.25, 0.3) is 0 Å². The summed E-state index contributed by atoms with van der Waals surface area (Å²) in [7, 11) is 0. The van der Waals surface area contributed by atoms with Crippen molar-refractivity contribution in [2.45, 2.75) is 39.4 Å². The lowest BCUT2D eigenvalue weighted by atomic mass is 10.1. The molecule has 3 heterocycles. The smallest absolute Gasteiger partial charge is 0.416 e. The first-order valence-corrected chi connectivity index (χ1v) is 9.82. The Bertz CT molecular complexity index is 1140. The van der Waals surface area contributed by atoms with E-state index in [1.807, 2.05) is 13.8 Å². The van der Waals surface area contributed by atoms with Crippen molar-refractivity contribution in [1.29, 1.82) is 0 Å². The first-order valence-electron chi connectivity index (χ1n) is 9.82. The van der Waals surface area contributed by atoms with Crippen LogP contribution in [-0.4, -0.2) is 37.8 Å². The van der Waals surface area contributed by atoms with Crippen LogP contribution in [0.3, 0.4) is 0 Å². The minimum absolute atomic E-state index is 0.0339. The van der Waals surface area contributed by atoms with E-state index < -0.39 is 5.76 Å². The molecule has 0 aliphatic carbocycles. The Morgan fingerprint density at radius 2 is 2.00 bits per heavy atom. The number of benzene rings is 1. The molecule has 0 radical (unpaired) electrons. The SMILES string of the molecule is CC(C)NC(=O)NN1Cc2[nH]nc(NC(=O)Cc3ccc(-n4ccoc4=O)cc3)c2C1. The molecule has 1 aliphatic rings. The number of hydrogen-bond acceptors (Lipinski definition) is 6. The van der Waals surface area contributed by atoms with Gasteiger partial charge in [0, 0.05) is 18.2 Å². The molecule has 0 spiro atoms. The van der Waals surface area contributed by atoms with Crippen LogP contribution in [0.2, 0.25) is 0 Å². The summed E-state index contributed by atoms with van der Waals surface area (Å²) in [4.78, 5) is 36.0. The summed E-state index contributed by atoms with van der Waals surface area (Å²) in [6, 6.07) is 6.81. The van der Waals surface area contributed by atoms with Gasteiger partial charge in [0.2, 0.25) is 5.91 Å². The molecule has 3 aromatic rings. The van der Waals surface area contributed by atoms with Crippen molar-refractivity contribution in [2.75, 3.05) is 5.32 Å². The Morgan fingerprint density at radius 1 is 1.23 bits per heavy atom. The van der Waals surface area contributed by atoms with Gasteiger partial charge in [-0.25, -0.2) is 19.2 Å². The molecule has 0 saturated heterocycles. The molecular formula is C20H23N7O4. The summed E-state index contributed by atoms with van der Waals surface area (Å²) in [5, 5.41) is 14.4. The molecule has 0 unspecified atom stereocenters. The first-order chi connectivity index (χ1) is 14.9. The highest BCUT2D eigenvalue weighted by atomic mass is 16.4. The minimum Gasteiger partial charge on any atom is -0.416 e. The van der Waals surface area contributed by atoms with Gasteiger partial charge in [0.1, 0.15) is 6.26 Å². The quantitative estimate of drug-likeness (QED) is 0.469. The number of hydrazine groups is 1. The number of hydrogen-bond donors (Lipinski definition) is 4. The van der Waals surface area contributed by atoms with E-state index in [9.17, 15) is 14.4 Å². The maximum atomic E-state index is 12.5. The number of nitrogens with zero attached hydrogens (tertiary/aromatic N) is 3. The lowest BCUT2D eigenvalue weighted by Gasteiger charge is -2.18. The normalized spacial score (nSPS) is 13.3. The van der Waals surface area contributed by atoms with Crippen molar-refractivity contribution in [1.82, 2.24) is 30.5 Å². The van der Waals surface area contributed by atoms with Crippen molar-refractivity contribution < 1.29 is 14.0 Å². The van der Waals surface area contributed by atoms with Crippen LogP contribution < -0.4 is 21.8 Å². The molecule has 0 saturated carbocycles. The first kappa shape index (κ1) is 20.4. The molecular weight excluding hydrogens is 402 g/mol. The summed E-state index contributed by atoms with van der Waals surface area (Å²) >= 11 is 0. The van der Waals surface area contributed by atoms with E-state index >= 15 is 0 Å². The molecule has 11 nitrogen and oxygen atoms in total. The van der Waals surface area contributed by atoms with Crippen LogP contribution in [0.1, 0.15) is 30.7 Å². The third-order valence-electron chi connectivity index (χ3n) is 4.74. The molecule has 1 aromatic carbocycles. The van der Waals surface area contributed by atoms with Crippen LogP contribution in [0.15, 0.2) is 45.9 Å². The number of amides is 3. The van der Waals surface area contributed by atoms with Gasteiger partial charge in [-0.15, -0.1) is 0 Å². The van der Waals surface area contributed by atoms with Crippen molar-refractivity contribution >= 4 is 17.8 Å². The summed E-state index contributed by atoms with van der Waals surface area (Å²) in [6.45, 7) is 4.67. The van der Waals surface area contributed by atoms with Gasteiger partial charge in [-0.2, -0.15) is 5.10 Å². The molecule has 162 valence electrons. The molecule has 31 heavy (non-hydrogen) atoms. The minimum atomic E-state index is -0.469.